The Morgan fingerprint density at radius 3 is 2.96 bits per heavy atom. The van der Waals surface area contributed by atoms with Crippen LogP contribution in [0.2, 0.25) is 5.02 Å². The number of aromatic nitrogens is 5. The van der Waals surface area contributed by atoms with E-state index in [9.17, 15) is 4.79 Å². The summed E-state index contributed by atoms with van der Waals surface area (Å²) in [6.07, 6.45) is 5.09. The van der Waals surface area contributed by atoms with Crippen molar-refractivity contribution in [1.29, 1.82) is 0 Å². The fourth-order valence-electron chi connectivity index (χ4n) is 2.23. The predicted octanol–water partition coefficient (Wildman–Crippen LogP) is 2.68. The van der Waals surface area contributed by atoms with E-state index < -0.39 is 6.04 Å². The molecule has 0 spiro atoms. The van der Waals surface area contributed by atoms with Crippen LogP contribution in [0.3, 0.4) is 0 Å². The van der Waals surface area contributed by atoms with E-state index in [4.69, 9.17) is 11.6 Å². The number of carbonyl (C=O) groups is 1. The van der Waals surface area contributed by atoms with Crippen molar-refractivity contribution in [3.05, 3.63) is 59.1 Å². The normalized spacial score (nSPS) is 12.1. The van der Waals surface area contributed by atoms with Crippen LogP contribution in [0, 0.1) is 6.92 Å². The Hall–Kier alpha value is -2.67. The molecular formula is C16H17ClN6O. The molecule has 0 aliphatic heterocycles. The minimum atomic E-state index is -0.446. The fraction of sp³-hybridized carbons (Fsp3) is 0.250. The van der Waals surface area contributed by atoms with Gasteiger partial charge in [-0.1, -0.05) is 23.7 Å². The first-order chi connectivity index (χ1) is 11.5. The van der Waals surface area contributed by atoms with Crippen molar-refractivity contribution in [2.24, 2.45) is 0 Å². The van der Waals surface area contributed by atoms with E-state index in [1.807, 2.05) is 37.4 Å². The zero-order valence-corrected chi connectivity index (χ0v) is 14.1. The van der Waals surface area contributed by atoms with Gasteiger partial charge in [-0.05, 0) is 37.1 Å². The van der Waals surface area contributed by atoms with Crippen molar-refractivity contribution in [2.45, 2.75) is 26.4 Å². The number of anilines is 1. The van der Waals surface area contributed by atoms with Crippen molar-refractivity contribution >= 4 is 23.5 Å². The van der Waals surface area contributed by atoms with Gasteiger partial charge in [0, 0.05) is 11.2 Å². The lowest BCUT2D eigenvalue weighted by Crippen LogP contribution is -2.24. The van der Waals surface area contributed by atoms with E-state index in [0.717, 1.165) is 11.1 Å². The molecule has 0 bridgehead atoms. The van der Waals surface area contributed by atoms with Gasteiger partial charge in [0.25, 0.3) is 5.91 Å². The molecule has 0 aliphatic carbocycles. The number of rotatable bonds is 5. The number of nitrogens with one attached hydrogen (secondary N) is 1. The molecule has 1 aromatic carbocycles. The third kappa shape index (κ3) is 3.80. The zero-order valence-electron chi connectivity index (χ0n) is 13.3. The Labute approximate surface area is 144 Å². The van der Waals surface area contributed by atoms with Crippen molar-refractivity contribution in [3.8, 4) is 0 Å². The second-order valence-electron chi connectivity index (χ2n) is 5.56. The lowest BCUT2D eigenvalue weighted by Gasteiger charge is -2.10. The van der Waals surface area contributed by atoms with Gasteiger partial charge in [0.1, 0.15) is 12.4 Å². The maximum Gasteiger partial charge on any atom is 0.251 e. The molecule has 3 rings (SSSR count). The van der Waals surface area contributed by atoms with Crippen LogP contribution < -0.4 is 5.32 Å². The summed E-state index contributed by atoms with van der Waals surface area (Å²) < 4.78 is 3.25. The summed E-state index contributed by atoms with van der Waals surface area (Å²) in [5, 5.41) is 11.8. The molecule has 24 heavy (non-hydrogen) atoms. The van der Waals surface area contributed by atoms with Crippen LogP contribution in [-0.2, 0) is 11.3 Å². The number of carbonyl (C=O) groups excluding carboxylic acids is 1. The van der Waals surface area contributed by atoms with E-state index in [1.165, 1.54) is 0 Å². The number of aryl methyl sites for hydroxylation is 1. The first-order valence-corrected chi connectivity index (χ1v) is 7.84. The molecule has 1 amide bonds. The summed E-state index contributed by atoms with van der Waals surface area (Å²) in [6.45, 7) is 4.22. The highest BCUT2D eigenvalue weighted by Crippen LogP contribution is 2.12. The number of amides is 1. The third-order valence-electron chi connectivity index (χ3n) is 3.51. The van der Waals surface area contributed by atoms with Crippen LogP contribution >= 0.6 is 11.6 Å². The van der Waals surface area contributed by atoms with Gasteiger partial charge in [-0.3, -0.25) is 14.8 Å². The second-order valence-corrected chi connectivity index (χ2v) is 6.00. The summed E-state index contributed by atoms with van der Waals surface area (Å²) in [5.74, 6) is 0.0383. The zero-order chi connectivity index (χ0) is 17.1. The van der Waals surface area contributed by atoms with Crippen LogP contribution in [0.4, 0.5) is 5.95 Å². The van der Waals surface area contributed by atoms with Crippen LogP contribution in [-0.4, -0.2) is 30.5 Å². The molecule has 0 radical (unpaired) electrons. The lowest BCUT2D eigenvalue weighted by atomic mass is 10.2. The maximum absolute atomic E-state index is 12.3. The largest absolute Gasteiger partial charge is 0.291 e. The Kier molecular flexibility index (Phi) is 4.61. The Balaban J connectivity index is 1.64. The maximum atomic E-state index is 12.3. The molecule has 124 valence electrons. The van der Waals surface area contributed by atoms with E-state index in [1.54, 1.807) is 28.8 Å². The molecule has 0 fully saturated rings. The third-order valence-corrected chi connectivity index (χ3v) is 3.75. The van der Waals surface area contributed by atoms with Gasteiger partial charge in [-0.2, -0.15) is 5.10 Å². The molecule has 0 aliphatic rings. The number of hydrogen-bond donors (Lipinski definition) is 1. The number of hydrogen-bond acceptors (Lipinski definition) is 4. The van der Waals surface area contributed by atoms with Gasteiger partial charge in [0.15, 0.2) is 0 Å². The smallest absolute Gasteiger partial charge is 0.251 e. The lowest BCUT2D eigenvalue weighted by molar-refractivity contribution is -0.119. The van der Waals surface area contributed by atoms with Crippen molar-refractivity contribution in [1.82, 2.24) is 24.5 Å². The summed E-state index contributed by atoms with van der Waals surface area (Å²) in [6, 6.07) is 7.07. The standard InChI is InChI=1S/C16H17ClN6O/c1-11-7-19-23(8-11)12(2)15(24)20-16-18-10-22(21-16)9-13-4-3-5-14(17)6-13/h3-8,10,12H,9H2,1-2H3,(H,20,21,24). The van der Waals surface area contributed by atoms with E-state index in [2.05, 4.69) is 20.5 Å². The van der Waals surface area contributed by atoms with Gasteiger partial charge >= 0.3 is 0 Å². The molecule has 2 aromatic heterocycles. The minimum Gasteiger partial charge on any atom is -0.291 e. The molecule has 1 atom stereocenters. The van der Waals surface area contributed by atoms with Gasteiger partial charge in [0.2, 0.25) is 5.95 Å². The molecule has 8 heteroatoms. The summed E-state index contributed by atoms with van der Waals surface area (Å²) in [4.78, 5) is 16.4. The van der Waals surface area contributed by atoms with Gasteiger partial charge in [-0.15, -0.1) is 5.10 Å². The molecule has 0 saturated heterocycles. The highest BCUT2D eigenvalue weighted by Gasteiger charge is 2.17. The van der Waals surface area contributed by atoms with Crippen molar-refractivity contribution in [3.63, 3.8) is 0 Å². The van der Waals surface area contributed by atoms with E-state index >= 15 is 0 Å². The first kappa shape index (κ1) is 16.2. The Bertz CT molecular complexity index is 856. The van der Waals surface area contributed by atoms with E-state index in [-0.39, 0.29) is 11.9 Å². The first-order valence-electron chi connectivity index (χ1n) is 7.47. The average Bonchev–Trinajstić information content (AvgIpc) is 3.16. The molecule has 3 aromatic rings. The fourth-order valence-corrected chi connectivity index (χ4v) is 2.44. The van der Waals surface area contributed by atoms with Gasteiger partial charge in [0.05, 0.1) is 12.7 Å². The van der Waals surface area contributed by atoms with Gasteiger partial charge < -0.3 is 0 Å². The number of halogens is 1. The summed E-state index contributed by atoms with van der Waals surface area (Å²) >= 11 is 5.97. The van der Waals surface area contributed by atoms with Crippen molar-refractivity contribution in [2.75, 3.05) is 5.32 Å². The molecule has 1 N–H and O–H groups in total. The quantitative estimate of drug-likeness (QED) is 0.772. The number of nitrogens with zero attached hydrogens (tertiary/aromatic N) is 5. The van der Waals surface area contributed by atoms with Gasteiger partial charge in [-0.25, -0.2) is 9.67 Å². The molecule has 2 heterocycles. The highest BCUT2D eigenvalue weighted by atomic mass is 35.5. The topological polar surface area (TPSA) is 77.6 Å². The molecule has 1 unspecified atom stereocenters. The molecule has 7 nitrogen and oxygen atoms in total. The minimum absolute atomic E-state index is 0.224. The molecule has 0 saturated carbocycles. The van der Waals surface area contributed by atoms with Crippen molar-refractivity contribution < 1.29 is 4.79 Å². The second kappa shape index (κ2) is 6.84. The Morgan fingerprint density at radius 1 is 1.42 bits per heavy atom. The monoisotopic (exact) mass is 344 g/mol. The summed E-state index contributed by atoms with van der Waals surface area (Å²) in [7, 11) is 0. The number of benzene rings is 1. The predicted molar refractivity (Wildman–Crippen MR) is 90.9 cm³/mol. The van der Waals surface area contributed by atoms with Crippen LogP contribution in [0.5, 0.6) is 0 Å². The molecular weight excluding hydrogens is 328 g/mol. The summed E-state index contributed by atoms with van der Waals surface area (Å²) in [5.41, 5.74) is 2.00. The average molecular weight is 345 g/mol. The van der Waals surface area contributed by atoms with Crippen LogP contribution in [0.25, 0.3) is 0 Å². The van der Waals surface area contributed by atoms with Crippen LogP contribution in [0.15, 0.2) is 43.0 Å². The SMILES string of the molecule is Cc1cnn(C(C)C(=O)Nc2ncn(Cc3cccc(Cl)c3)n2)c1. The highest BCUT2D eigenvalue weighted by molar-refractivity contribution is 6.30. The Morgan fingerprint density at radius 2 is 2.25 bits per heavy atom. The van der Waals surface area contributed by atoms with Crippen LogP contribution in [0.1, 0.15) is 24.1 Å². The van der Waals surface area contributed by atoms with E-state index in [0.29, 0.717) is 11.6 Å².